The minimum absolute atomic E-state index is 0.0431. The maximum atomic E-state index is 12.3. The molecule has 126 valence electrons. The largest absolute Gasteiger partial charge is 0.465 e. The minimum Gasteiger partial charge on any atom is -0.465 e. The lowest BCUT2D eigenvalue weighted by Crippen LogP contribution is -2.13. The summed E-state index contributed by atoms with van der Waals surface area (Å²) in [6.45, 7) is 0. The van der Waals surface area contributed by atoms with Gasteiger partial charge in [-0.2, -0.15) is 0 Å². The fourth-order valence-corrected chi connectivity index (χ4v) is 2.80. The minimum atomic E-state index is -3.42. The summed E-state index contributed by atoms with van der Waals surface area (Å²) in [5.74, 6) is -1.14. The van der Waals surface area contributed by atoms with Crippen molar-refractivity contribution in [2.45, 2.75) is 4.90 Å². The van der Waals surface area contributed by atoms with Crippen molar-refractivity contribution >= 4 is 39.0 Å². The molecule has 0 aliphatic carbocycles. The lowest BCUT2D eigenvalue weighted by atomic mass is 10.1. The van der Waals surface area contributed by atoms with Gasteiger partial charge in [-0.15, -0.1) is 0 Å². The number of amides is 1. The van der Waals surface area contributed by atoms with Gasteiger partial charge in [-0.25, -0.2) is 13.2 Å². The van der Waals surface area contributed by atoms with E-state index in [-0.39, 0.29) is 21.0 Å². The second kappa shape index (κ2) is 7.02. The van der Waals surface area contributed by atoms with Gasteiger partial charge in [-0.1, -0.05) is 17.7 Å². The van der Waals surface area contributed by atoms with Crippen molar-refractivity contribution in [3.8, 4) is 0 Å². The molecule has 2 aromatic carbocycles. The molecule has 0 radical (unpaired) electrons. The van der Waals surface area contributed by atoms with Crippen molar-refractivity contribution in [2.75, 3.05) is 18.7 Å². The first-order valence-corrected chi connectivity index (χ1v) is 8.98. The van der Waals surface area contributed by atoms with E-state index in [1.54, 1.807) is 0 Å². The van der Waals surface area contributed by atoms with Crippen LogP contribution in [-0.2, 0) is 14.6 Å². The SMILES string of the molecule is COC(=O)c1cc(NC(=O)c2cccc(S(C)(=O)=O)c2)ccc1Cl. The van der Waals surface area contributed by atoms with E-state index in [1.165, 1.54) is 49.6 Å². The van der Waals surface area contributed by atoms with Gasteiger partial charge in [0.25, 0.3) is 5.91 Å². The molecule has 0 saturated heterocycles. The first-order valence-electron chi connectivity index (χ1n) is 6.71. The standard InChI is InChI=1S/C16H14ClNO5S/c1-23-16(20)13-9-11(6-7-14(13)17)18-15(19)10-4-3-5-12(8-10)24(2,21)22/h3-9H,1-2H3,(H,18,19). The van der Waals surface area contributed by atoms with Crippen LogP contribution in [0.2, 0.25) is 5.02 Å². The highest BCUT2D eigenvalue weighted by molar-refractivity contribution is 7.90. The Morgan fingerprint density at radius 2 is 1.83 bits per heavy atom. The van der Waals surface area contributed by atoms with Crippen LogP contribution in [0.4, 0.5) is 5.69 Å². The normalized spacial score (nSPS) is 11.0. The highest BCUT2D eigenvalue weighted by atomic mass is 35.5. The topological polar surface area (TPSA) is 89.5 Å². The summed E-state index contributed by atoms with van der Waals surface area (Å²) in [4.78, 5) is 23.9. The average molecular weight is 368 g/mol. The zero-order valence-electron chi connectivity index (χ0n) is 12.9. The van der Waals surface area contributed by atoms with E-state index >= 15 is 0 Å². The molecule has 2 aromatic rings. The number of nitrogens with one attached hydrogen (secondary N) is 1. The average Bonchev–Trinajstić information content (AvgIpc) is 2.55. The Labute approximate surface area is 144 Å². The Bertz CT molecular complexity index is 908. The summed E-state index contributed by atoms with van der Waals surface area (Å²) in [6.07, 6.45) is 1.06. The third-order valence-electron chi connectivity index (χ3n) is 3.15. The smallest absolute Gasteiger partial charge is 0.339 e. The Morgan fingerprint density at radius 1 is 1.12 bits per heavy atom. The number of carbonyl (C=O) groups excluding carboxylic acids is 2. The molecule has 1 N–H and O–H groups in total. The van der Waals surface area contributed by atoms with Gasteiger partial charge in [-0.05, 0) is 36.4 Å². The lowest BCUT2D eigenvalue weighted by Gasteiger charge is -2.09. The van der Waals surface area contributed by atoms with Crippen LogP contribution in [0.3, 0.4) is 0 Å². The molecule has 0 bridgehead atoms. The molecule has 8 heteroatoms. The van der Waals surface area contributed by atoms with Gasteiger partial charge in [0.1, 0.15) is 0 Å². The van der Waals surface area contributed by atoms with Gasteiger partial charge >= 0.3 is 5.97 Å². The molecule has 0 fully saturated rings. The first-order chi connectivity index (χ1) is 11.2. The molecular weight excluding hydrogens is 354 g/mol. The molecule has 1 amide bonds. The van der Waals surface area contributed by atoms with Crippen LogP contribution in [0.25, 0.3) is 0 Å². The number of halogens is 1. The molecule has 0 aliphatic heterocycles. The number of rotatable bonds is 4. The van der Waals surface area contributed by atoms with Crippen LogP contribution in [0.15, 0.2) is 47.4 Å². The molecular formula is C16H14ClNO5S. The molecule has 0 unspecified atom stereocenters. The molecule has 0 aromatic heterocycles. The van der Waals surface area contributed by atoms with Crippen molar-refractivity contribution in [3.05, 3.63) is 58.6 Å². The summed E-state index contributed by atoms with van der Waals surface area (Å²) in [5.41, 5.74) is 0.615. The predicted octanol–water partition coefficient (Wildman–Crippen LogP) is 2.78. The van der Waals surface area contributed by atoms with E-state index in [2.05, 4.69) is 10.1 Å². The number of benzene rings is 2. The second-order valence-electron chi connectivity index (χ2n) is 4.94. The second-order valence-corrected chi connectivity index (χ2v) is 7.36. The van der Waals surface area contributed by atoms with Gasteiger partial charge in [-0.3, -0.25) is 4.79 Å². The quantitative estimate of drug-likeness (QED) is 0.839. The highest BCUT2D eigenvalue weighted by Crippen LogP contribution is 2.22. The van der Waals surface area contributed by atoms with Crippen molar-refractivity contribution in [3.63, 3.8) is 0 Å². The number of hydrogen-bond acceptors (Lipinski definition) is 5. The summed E-state index contributed by atoms with van der Waals surface area (Å²) < 4.78 is 27.7. The van der Waals surface area contributed by atoms with E-state index in [9.17, 15) is 18.0 Å². The fraction of sp³-hybridized carbons (Fsp3) is 0.125. The zero-order chi connectivity index (χ0) is 17.9. The van der Waals surface area contributed by atoms with Gasteiger partial charge < -0.3 is 10.1 Å². The third-order valence-corrected chi connectivity index (χ3v) is 4.59. The molecule has 6 nitrogen and oxygen atoms in total. The maximum absolute atomic E-state index is 12.3. The third kappa shape index (κ3) is 4.12. The molecule has 0 spiro atoms. The van der Waals surface area contributed by atoms with Gasteiger partial charge in [0.05, 0.1) is 22.6 Å². The van der Waals surface area contributed by atoms with E-state index in [0.717, 1.165) is 6.26 Å². The van der Waals surface area contributed by atoms with Crippen LogP contribution >= 0.6 is 11.6 Å². The Kier molecular flexibility index (Phi) is 5.26. The van der Waals surface area contributed by atoms with Crippen molar-refractivity contribution in [2.24, 2.45) is 0 Å². The number of hydrogen-bond donors (Lipinski definition) is 1. The monoisotopic (exact) mass is 367 g/mol. The zero-order valence-corrected chi connectivity index (χ0v) is 14.4. The molecule has 0 heterocycles. The van der Waals surface area contributed by atoms with E-state index < -0.39 is 21.7 Å². The number of ether oxygens (including phenoxy) is 1. The van der Waals surface area contributed by atoms with E-state index in [4.69, 9.17) is 11.6 Å². The van der Waals surface area contributed by atoms with Gasteiger partial charge in [0.15, 0.2) is 9.84 Å². The van der Waals surface area contributed by atoms with E-state index in [1.807, 2.05) is 0 Å². The highest BCUT2D eigenvalue weighted by Gasteiger charge is 2.15. The Morgan fingerprint density at radius 3 is 2.46 bits per heavy atom. The predicted molar refractivity (Wildman–Crippen MR) is 90.3 cm³/mol. The van der Waals surface area contributed by atoms with Crippen LogP contribution in [-0.4, -0.2) is 33.7 Å². The van der Waals surface area contributed by atoms with Gasteiger partial charge in [0.2, 0.25) is 0 Å². The van der Waals surface area contributed by atoms with Crippen LogP contribution in [0, 0.1) is 0 Å². The number of esters is 1. The number of anilines is 1. The summed E-state index contributed by atoms with van der Waals surface area (Å²) in [5, 5.41) is 2.78. The van der Waals surface area contributed by atoms with Crippen LogP contribution in [0.1, 0.15) is 20.7 Å². The first kappa shape index (κ1) is 18.0. The Hall–Kier alpha value is -2.38. The van der Waals surface area contributed by atoms with Gasteiger partial charge in [0, 0.05) is 17.5 Å². The van der Waals surface area contributed by atoms with Crippen LogP contribution < -0.4 is 5.32 Å². The number of methoxy groups -OCH3 is 1. The fourth-order valence-electron chi connectivity index (χ4n) is 1.94. The Balaban J connectivity index is 2.29. The summed E-state index contributed by atoms with van der Waals surface area (Å²) in [6, 6.07) is 10.0. The maximum Gasteiger partial charge on any atom is 0.339 e. The van der Waals surface area contributed by atoms with Crippen molar-refractivity contribution < 1.29 is 22.7 Å². The molecule has 0 saturated carbocycles. The van der Waals surface area contributed by atoms with E-state index in [0.29, 0.717) is 5.69 Å². The van der Waals surface area contributed by atoms with Crippen LogP contribution in [0.5, 0.6) is 0 Å². The molecule has 24 heavy (non-hydrogen) atoms. The summed E-state index contributed by atoms with van der Waals surface area (Å²) >= 11 is 5.91. The number of carbonyl (C=O) groups is 2. The molecule has 0 aliphatic rings. The molecule has 0 atom stereocenters. The molecule has 2 rings (SSSR count). The van der Waals surface area contributed by atoms with Crippen molar-refractivity contribution in [1.29, 1.82) is 0 Å². The lowest BCUT2D eigenvalue weighted by molar-refractivity contribution is 0.0600. The summed E-state index contributed by atoms with van der Waals surface area (Å²) in [7, 11) is -2.19. The van der Waals surface area contributed by atoms with Crippen molar-refractivity contribution in [1.82, 2.24) is 0 Å². The number of sulfone groups is 1.